The molecule has 0 fully saturated rings. The molecule has 0 bridgehead atoms. The lowest BCUT2D eigenvalue weighted by atomic mass is 10.1. The highest BCUT2D eigenvalue weighted by molar-refractivity contribution is 7.89. The summed E-state index contributed by atoms with van der Waals surface area (Å²) in [6.45, 7) is 1.75. The van der Waals surface area contributed by atoms with E-state index in [0.29, 0.717) is 6.42 Å². The summed E-state index contributed by atoms with van der Waals surface area (Å²) in [6.07, 6.45) is 2.62. The van der Waals surface area contributed by atoms with E-state index in [4.69, 9.17) is 0 Å². The first-order valence-electron chi connectivity index (χ1n) is 6.66. The molecular formula is C15H17FN2O2S. The van der Waals surface area contributed by atoms with Gasteiger partial charge in [-0.15, -0.1) is 0 Å². The zero-order chi connectivity index (χ0) is 15.3. The fourth-order valence-electron chi connectivity index (χ4n) is 1.98. The van der Waals surface area contributed by atoms with Crippen molar-refractivity contribution in [3.05, 3.63) is 60.0 Å². The number of nitrogens with zero attached hydrogens (tertiary/aromatic N) is 1. The summed E-state index contributed by atoms with van der Waals surface area (Å²) in [5.41, 5.74) is 1.13. The van der Waals surface area contributed by atoms with E-state index in [1.807, 2.05) is 30.3 Å². The number of nitrogens with one attached hydrogen (secondary N) is 1. The summed E-state index contributed by atoms with van der Waals surface area (Å²) in [6, 6.07) is 11.9. The molecule has 21 heavy (non-hydrogen) atoms. The van der Waals surface area contributed by atoms with Gasteiger partial charge in [0.15, 0.2) is 5.82 Å². The Labute approximate surface area is 124 Å². The molecule has 1 unspecified atom stereocenters. The highest BCUT2D eigenvalue weighted by Gasteiger charge is 2.22. The molecule has 0 spiro atoms. The van der Waals surface area contributed by atoms with Crippen LogP contribution in [0.5, 0.6) is 0 Å². The molecule has 1 atom stereocenters. The standard InChI is InChI=1S/C15H17FN2O2S/c1-12(9-10-13-6-3-2-4-7-13)18-21(19,20)15-14(16)8-5-11-17-15/h2-8,11-12,18H,9-10H2,1H3. The van der Waals surface area contributed by atoms with Crippen LogP contribution in [0.4, 0.5) is 4.39 Å². The number of halogens is 1. The number of benzene rings is 1. The Hall–Kier alpha value is -1.79. The lowest BCUT2D eigenvalue weighted by Crippen LogP contribution is -2.34. The predicted octanol–water partition coefficient (Wildman–Crippen LogP) is 2.52. The largest absolute Gasteiger partial charge is 0.261 e. The normalized spacial score (nSPS) is 13.0. The molecule has 0 aliphatic carbocycles. The number of hydrogen-bond donors (Lipinski definition) is 1. The first-order chi connectivity index (χ1) is 9.99. The maximum absolute atomic E-state index is 13.5. The number of sulfonamides is 1. The third kappa shape index (κ3) is 4.34. The second-order valence-corrected chi connectivity index (χ2v) is 6.47. The number of rotatable bonds is 6. The van der Waals surface area contributed by atoms with E-state index in [-0.39, 0.29) is 6.04 Å². The minimum absolute atomic E-state index is 0.309. The molecule has 1 N–H and O–H groups in total. The Kier molecular flexibility index (Phi) is 5.03. The van der Waals surface area contributed by atoms with Gasteiger partial charge in [0.05, 0.1) is 0 Å². The van der Waals surface area contributed by atoms with Crippen molar-refractivity contribution in [3.8, 4) is 0 Å². The molecule has 1 aromatic heterocycles. The number of aryl methyl sites for hydroxylation is 1. The topological polar surface area (TPSA) is 59.1 Å². The minimum atomic E-state index is -3.93. The van der Waals surface area contributed by atoms with Crippen molar-refractivity contribution in [2.24, 2.45) is 0 Å². The monoisotopic (exact) mass is 308 g/mol. The highest BCUT2D eigenvalue weighted by Crippen LogP contribution is 2.12. The number of aromatic nitrogens is 1. The maximum atomic E-state index is 13.5. The minimum Gasteiger partial charge on any atom is -0.241 e. The van der Waals surface area contributed by atoms with E-state index in [1.165, 1.54) is 12.3 Å². The van der Waals surface area contributed by atoms with Crippen LogP contribution in [0, 0.1) is 5.82 Å². The molecule has 1 heterocycles. The van der Waals surface area contributed by atoms with Crippen LogP contribution in [0.25, 0.3) is 0 Å². The lowest BCUT2D eigenvalue weighted by molar-refractivity contribution is 0.524. The predicted molar refractivity (Wildman–Crippen MR) is 78.7 cm³/mol. The summed E-state index contributed by atoms with van der Waals surface area (Å²) in [5, 5.41) is -0.559. The van der Waals surface area contributed by atoms with Crippen LogP contribution in [-0.2, 0) is 16.4 Å². The summed E-state index contributed by atoms with van der Waals surface area (Å²) < 4.78 is 40.1. The molecule has 0 radical (unpaired) electrons. The van der Waals surface area contributed by atoms with Gasteiger partial charge in [0.2, 0.25) is 5.03 Å². The van der Waals surface area contributed by atoms with Gasteiger partial charge in [-0.3, -0.25) is 0 Å². The van der Waals surface area contributed by atoms with Gasteiger partial charge in [-0.05, 0) is 37.5 Å². The average Bonchev–Trinajstić information content (AvgIpc) is 2.46. The van der Waals surface area contributed by atoms with Gasteiger partial charge in [-0.2, -0.15) is 0 Å². The van der Waals surface area contributed by atoms with Crippen LogP contribution < -0.4 is 4.72 Å². The fourth-order valence-corrected chi connectivity index (χ4v) is 3.26. The van der Waals surface area contributed by atoms with Gasteiger partial charge in [0.25, 0.3) is 10.0 Å². The zero-order valence-corrected chi connectivity index (χ0v) is 12.5. The van der Waals surface area contributed by atoms with Gasteiger partial charge in [-0.25, -0.2) is 22.5 Å². The molecule has 1 aromatic carbocycles. The molecule has 0 saturated heterocycles. The number of pyridine rings is 1. The molecule has 0 saturated carbocycles. The summed E-state index contributed by atoms with van der Waals surface area (Å²) in [7, 11) is -3.93. The number of hydrogen-bond acceptors (Lipinski definition) is 3. The molecule has 2 aromatic rings. The molecule has 2 rings (SSSR count). The average molecular weight is 308 g/mol. The van der Waals surface area contributed by atoms with Crippen molar-refractivity contribution in [1.29, 1.82) is 0 Å². The summed E-state index contributed by atoms with van der Waals surface area (Å²) >= 11 is 0. The van der Waals surface area contributed by atoms with E-state index in [1.54, 1.807) is 6.92 Å². The SMILES string of the molecule is CC(CCc1ccccc1)NS(=O)(=O)c1ncccc1F. The van der Waals surface area contributed by atoms with Gasteiger partial charge < -0.3 is 0 Å². The molecule has 0 amide bonds. The third-order valence-electron chi connectivity index (χ3n) is 3.04. The van der Waals surface area contributed by atoms with Crippen LogP contribution in [0.2, 0.25) is 0 Å². The molecular weight excluding hydrogens is 291 g/mol. The first-order valence-corrected chi connectivity index (χ1v) is 8.14. The van der Waals surface area contributed by atoms with Gasteiger partial charge in [0.1, 0.15) is 0 Å². The van der Waals surface area contributed by atoms with Crippen LogP contribution in [0.1, 0.15) is 18.9 Å². The van der Waals surface area contributed by atoms with Crippen molar-refractivity contribution >= 4 is 10.0 Å². The van der Waals surface area contributed by atoms with Gasteiger partial charge >= 0.3 is 0 Å². The van der Waals surface area contributed by atoms with Crippen LogP contribution >= 0.6 is 0 Å². The Morgan fingerprint density at radius 2 is 1.90 bits per heavy atom. The Balaban J connectivity index is 1.99. The molecule has 112 valence electrons. The maximum Gasteiger partial charge on any atom is 0.261 e. The fraction of sp³-hybridized carbons (Fsp3) is 0.267. The van der Waals surface area contributed by atoms with E-state index >= 15 is 0 Å². The van der Waals surface area contributed by atoms with E-state index < -0.39 is 20.9 Å². The second kappa shape index (κ2) is 6.78. The Morgan fingerprint density at radius 3 is 2.57 bits per heavy atom. The van der Waals surface area contributed by atoms with Crippen molar-refractivity contribution in [3.63, 3.8) is 0 Å². The molecule has 4 nitrogen and oxygen atoms in total. The summed E-state index contributed by atoms with van der Waals surface area (Å²) in [4.78, 5) is 3.60. The van der Waals surface area contributed by atoms with E-state index in [0.717, 1.165) is 18.1 Å². The van der Waals surface area contributed by atoms with E-state index in [2.05, 4.69) is 9.71 Å². The van der Waals surface area contributed by atoms with Gasteiger partial charge in [-0.1, -0.05) is 30.3 Å². The van der Waals surface area contributed by atoms with Gasteiger partial charge in [0, 0.05) is 12.2 Å². The second-order valence-electron chi connectivity index (χ2n) is 4.84. The zero-order valence-electron chi connectivity index (χ0n) is 11.7. The first kappa shape index (κ1) is 15.6. The summed E-state index contributed by atoms with van der Waals surface area (Å²) in [5.74, 6) is -0.847. The Bertz CT molecular complexity index is 690. The van der Waals surface area contributed by atoms with Crippen molar-refractivity contribution in [2.75, 3.05) is 0 Å². The van der Waals surface area contributed by atoms with Crippen LogP contribution in [0.3, 0.4) is 0 Å². The van der Waals surface area contributed by atoms with Crippen molar-refractivity contribution in [2.45, 2.75) is 30.8 Å². The third-order valence-corrected chi connectivity index (χ3v) is 4.57. The molecule has 0 aliphatic rings. The lowest BCUT2D eigenvalue weighted by Gasteiger charge is -2.14. The van der Waals surface area contributed by atoms with Crippen LogP contribution in [0.15, 0.2) is 53.7 Å². The van der Waals surface area contributed by atoms with Crippen LogP contribution in [-0.4, -0.2) is 19.4 Å². The molecule has 6 heteroatoms. The molecule has 0 aliphatic heterocycles. The Morgan fingerprint density at radius 1 is 1.19 bits per heavy atom. The smallest absolute Gasteiger partial charge is 0.241 e. The highest BCUT2D eigenvalue weighted by atomic mass is 32.2. The van der Waals surface area contributed by atoms with Crippen molar-refractivity contribution in [1.82, 2.24) is 9.71 Å². The quantitative estimate of drug-likeness (QED) is 0.892. The van der Waals surface area contributed by atoms with E-state index in [9.17, 15) is 12.8 Å². The van der Waals surface area contributed by atoms with Crippen molar-refractivity contribution < 1.29 is 12.8 Å².